The van der Waals surface area contributed by atoms with Crippen LogP contribution in [-0.2, 0) is 9.53 Å². The highest BCUT2D eigenvalue weighted by molar-refractivity contribution is 9.10. The Hall–Kier alpha value is -1.60. The van der Waals surface area contributed by atoms with Gasteiger partial charge in [0.1, 0.15) is 11.6 Å². The molecule has 0 amide bonds. The van der Waals surface area contributed by atoms with Crippen molar-refractivity contribution >= 4 is 28.0 Å². The molecule has 82 valence electrons. The minimum atomic E-state index is -0.597. The maximum Gasteiger partial charge on any atom is 0.348 e. The van der Waals surface area contributed by atoms with Crippen LogP contribution in [0, 0.1) is 11.3 Å². The number of carbonyl (C=O) groups is 1. The molecule has 4 heteroatoms. The SMILES string of the molecule is CCOC(=O)/C(C#N)=C\c1ccccc1Br. The maximum absolute atomic E-state index is 11.4. The van der Waals surface area contributed by atoms with Crippen molar-refractivity contribution in [2.24, 2.45) is 0 Å². The molecule has 1 aromatic carbocycles. The molecule has 0 aliphatic heterocycles. The summed E-state index contributed by atoms with van der Waals surface area (Å²) in [6, 6.07) is 9.16. The Morgan fingerprint density at radius 3 is 2.81 bits per heavy atom. The summed E-state index contributed by atoms with van der Waals surface area (Å²) in [7, 11) is 0. The van der Waals surface area contributed by atoms with Gasteiger partial charge >= 0.3 is 5.97 Å². The number of hydrogen-bond donors (Lipinski definition) is 0. The first-order chi connectivity index (χ1) is 7.69. The largest absolute Gasteiger partial charge is 0.462 e. The monoisotopic (exact) mass is 279 g/mol. The van der Waals surface area contributed by atoms with Crippen molar-refractivity contribution < 1.29 is 9.53 Å². The second-order valence-electron chi connectivity index (χ2n) is 2.91. The van der Waals surface area contributed by atoms with E-state index in [-0.39, 0.29) is 12.2 Å². The van der Waals surface area contributed by atoms with Crippen molar-refractivity contribution in [2.75, 3.05) is 6.61 Å². The maximum atomic E-state index is 11.4. The molecule has 0 fully saturated rings. The van der Waals surface area contributed by atoms with Gasteiger partial charge in [-0.3, -0.25) is 0 Å². The number of benzene rings is 1. The number of hydrogen-bond acceptors (Lipinski definition) is 3. The standard InChI is InChI=1S/C12H10BrNO2/c1-2-16-12(15)10(8-14)7-9-5-3-4-6-11(9)13/h3-7H,2H2,1H3/b10-7-. The van der Waals surface area contributed by atoms with Gasteiger partial charge in [-0.2, -0.15) is 5.26 Å². The van der Waals surface area contributed by atoms with Crippen LogP contribution in [0.1, 0.15) is 12.5 Å². The fraction of sp³-hybridized carbons (Fsp3) is 0.167. The zero-order chi connectivity index (χ0) is 12.0. The zero-order valence-electron chi connectivity index (χ0n) is 8.74. The lowest BCUT2D eigenvalue weighted by atomic mass is 10.1. The van der Waals surface area contributed by atoms with Gasteiger partial charge in [0.2, 0.25) is 0 Å². The van der Waals surface area contributed by atoms with Crippen LogP contribution < -0.4 is 0 Å². The Morgan fingerprint density at radius 1 is 1.56 bits per heavy atom. The number of carbonyl (C=O) groups excluding carboxylic acids is 1. The first-order valence-corrected chi connectivity index (χ1v) is 5.51. The van der Waals surface area contributed by atoms with E-state index < -0.39 is 5.97 Å². The van der Waals surface area contributed by atoms with Gasteiger partial charge < -0.3 is 4.74 Å². The van der Waals surface area contributed by atoms with Gasteiger partial charge in [0.15, 0.2) is 0 Å². The van der Waals surface area contributed by atoms with Gasteiger partial charge in [0.25, 0.3) is 0 Å². The molecule has 0 bridgehead atoms. The van der Waals surface area contributed by atoms with E-state index >= 15 is 0 Å². The number of nitrogens with zero attached hydrogens (tertiary/aromatic N) is 1. The molecule has 1 rings (SSSR count). The second-order valence-corrected chi connectivity index (χ2v) is 3.77. The van der Waals surface area contributed by atoms with Gasteiger partial charge in [-0.25, -0.2) is 4.79 Å². The van der Waals surface area contributed by atoms with Crippen molar-refractivity contribution in [3.05, 3.63) is 39.9 Å². The smallest absolute Gasteiger partial charge is 0.348 e. The molecular weight excluding hydrogens is 270 g/mol. The number of rotatable bonds is 3. The topological polar surface area (TPSA) is 50.1 Å². The minimum Gasteiger partial charge on any atom is -0.462 e. The Bertz CT molecular complexity index is 460. The summed E-state index contributed by atoms with van der Waals surface area (Å²) in [6.07, 6.45) is 1.50. The van der Waals surface area contributed by atoms with Crippen LogP contribution in [0.5, 0.6) is 0 Å². The summed E-state index contributed by atoms with van der Waals surface area (Å²) < 4.78 is 5.59. The number of nitriles is 1. The fourth-order valence-corrected chi connectivity index (χ4v) is 1.49. The molecule has 0 unspecified atom stereocenters. The molecular formula is C12H10BrNO2. The highest BCUT2D eigenvalue weighted by atomic mass is 79.9. The van der Waals surface area contributed by atoms with Crippen LogP contribution in [-0.4, -0.2) is 12.6 Å². The summed E-state index contributed by atoms with van der Waals surface area (Å²) in [6.45, 7) is 1.96. The van der Waals surface area contributed by atoms with E-state index in [1.54, 1.807) is 13.0 Å². The van der Waals surface area contributed by atoms with Gasteiger partial charge in [-0.15, -0.1) is 0 Å². The second kappa shape index (κ2) is 6.09. The minimum absolute atomic E-state index is 0.00579. The molecule has 0 spiro atoms. The van der Waals surface area contributed by atoms with Gasteiger partial charge in [0.05, 0.1) is 6.61 Å². The van der Waals surface area contributed by atoms with Crippen molar-refractivity contribution in [1.29, 1.82) is 5.26 Å². The van der Waals surface area contributed by atoms with Crippen LogP contribution in [0.15, 0.2) is 34.3 Å². The summed E-state index contributed by atoms with van der Waals surface area (Å²) >= 11 is 3.34. The third-order valence-corrected chi connectivity index (χ3v) is 2.54. The van der Waals surface area contributed by atoms with Crippen LogP contribution in [0.4, 0.5) is 0 Å². The first kappa shape index (κ1) is 12.5. The predicted octanol–water partition coefficient (Wildman–Crippen LogP) is 2.92. The van der Waals surface area contributed by atoms with E-state index in [1.165, 1.54) is 6.08 Å². The van der Waals surface area contributed by atoms with Gasteiger partial charge in [-0.1, -0.05) is 34.1 Å². The van der Waals surface area contributed by atoms with Crippen molar-refractivity contribution in [1.82, 2.24) is 0 Å². The van der Waals surface area contributed by atoms with Crippen LogP contribution in [0.25, 0.3) is 6.08 Å². The molecule has 0 radical (unpaired) electrons. The molecule has 3 nitrogen and oxygen atoms in total. The first-order valence-electron chi connectivity index (χ1n) is 4.72. The number of esters is 1. The van der Waals surface area contributed by atoms with E-state index in [2.05, 4.69) is 15.9 Å². The quantitative estimate of drug-likeness (QED) is 0.486. The Balaban J connectivity index is 3.02. The molecule has 0 aliphatic rings. The number of halogens is 1. The summed E-state index contributed by atoms with van der Waals surface area (Å²) in [5.41, 5.74) is 0.765. The summed E-state index contributed by atoms with van der Waals surface area (Å²) in [5, 5.41) is 8.84. The molecule has 1 aromatic rings. The Kier molecular flexibility index (Phi) is 4.74. The van der Waals surface area contributed by atoms with E-state index in [0.29, 0.717) is 0 Å². The zero-order valence-corrected chi connectivity index (χ0v) is 10.3. The highest BCUT2D eigenvalue weighted by Gasteiger charge is 2.10. The molecule has 16 heavy (non-hydrogen) atoms. The Labute approximate surface area is 102 Å². The van der Waals surface area contributed by atoms with E-state index in [9.17, 15) is 4.79 Å². The summed E-state index contributed by atoms with van der Waals surface area (Å²) in [4.78, 5) is 11.4. The molecule has 0 saturated heterocycles. The summed E-state index contributed by atoms with van der Waals surface area (Å²) in [5.74, 6) is -0.597. The lowest BCUT2D eigenvalue weighted by Crippen LogP contribution is -2.06. The molecule has 0 N–H and O–H groups in total. The fourth-order valence-electron chi connectivity index (χ4n) is 1.09. The van der Waals surface area contributed by atoms with Crippen molar-refractivity contribution in [2.45, 2.75) is 6.92 Å². The predicted molar refractivity (Wildman–Crippen MR) is 64.4 cm³/mol. The molecule has 0 aromatic heterocycles. The van der Waals surface area contributed by atoms with E-state index in [1.807, 2.05) is 24.3 Å². The van der Waals surface area contributed by atoms with Crippen LogP contribution in [0.2, 0.25) is 0 Å². The average molecular weight is 280 g/mol. The van der Waals surface area contributed by atoms with Gasteiger partial charge in [0, 0.05) is 4.47 Å². The Morgan fingerprint density at radius 2 is 2.25 bits per heavy atom. The molecule has 0 heterocycles. The van der Waals surface area contributed by atoms with Crippen LogP contribution in [0.3, 0.4) is 0 Å². The number of ether oxygens (including phenoxy) is 1. The third-order valence-electron chi connectivity index (χ3n) is 1.82. The molecule has 0 atom stereocenters. The average Bonchev–Trinajstić information content (AvgIpc) is 2.28. The lowest BCUT2D eigenvalue weighted by Gasteiger charge is -2.01. The van der Waals surface area contributed by atoms with E-state index in [0.717, 1.165) is 10.0 Å². The van der Waals surface area contributed by atoms with Crippen LogP contribution >= 0.6 is 15.9 Å². The molecule has 0 aliphatic carbocycles. The highest BCUT2D eigenvalue weighted by Crippen LogP contribution is 2.19. The van der Waals surface area contributed by atoms with Crippen molar-refractivity contribution in [3.63, 3.8) is 0 Å². The lowest BCUT2D eigenvalue weighted by molar-refractivity contribution is -0.137. The van der Waals surface area contributed by atoms with E-state index in [4.69, 9.17) is 10.00 Å². The normalized spacial score (nSPS) is 10.7. The van der Waals surface area contributed by atoms with Gasteiger partial charge in [-0.05, 0) is 24.6 Å². The van der Waals surface area contributed by atoms with Crippen molar-refractivity contribution in [3.8, 4) is 6.07 Å². The molecule has 0 saturated carbocycles. The third kappa shape index (κ3) is 3.21.